The molecule has 2 amide bonds. The number of carbonyl (C=O) groups excluding carboxylic acids is 5. The number of likely N-dealkylation sites (tertiary alicyclic amines) is 2. The van der Waals surface area contributed by atoms with Crippen molar-refractivity contribution in [3.8, 4) is 0 Å². The largest absolute Gasteiger partial charge is 0.467 e. The van der Waals surface area contributed by atoms with Crippen molar-refractivity contribution in [2.75, 3.05) is 26.7 Å². The summed E-state index contributed by atoms with van der Waals surface area (Å²) in [6.45, 7) is 1.13. The van der Waals surface area contributed by atoms with Gasteiger partial charge in [-0.3, -0.25) is 19.2 Å². The Morgan fingerprint density at radius 3 is 2.31 bits per heavy atom. The Kier molecular flexibility index (Phi) is 7.34. The molecule has 4 atom stereocenters. The molecular formula is C30H31FN2O6. The van der Waals surface area contributed by atoms with Crippen LogP contribution >= 0.6 is 0 Å². The van der Waals surface area contributed by atoms with Crippen LogP contribution in [0, 0.1) is 23.6 Å². The molecule has 39 heavy (non-hydrogen) atoms. The summed E-state index contributed by atoms with van der Waals surface area (Å²) < 4.78 is 19.0. The number of amides is 2. The molecular weight excluding hydrogens is 503 g/mol. The summed E-state index contributed by atoms with van der Waals surface area (Å²) in [6.07, 6.45) is 1.38. The summed E-state index contributed by atoms with van der Waals surface area (Å²) in [4.78, 5) is 70.0. The Bertz CT molecular complexity index is 1290. The number of halogens is 1. The van der Waals surface area contributed by atoms with Crippen LogP contribution in [0.5, 0.6) is 0 Å². The number of methoxy groups -OCH3 is 1. The molecule has 0 N–H and O–H groups in total. The van der Waals surface area contributed by atoms with Gasteiger partial charge in [-0.1, -0.05) is 30.3 Å². The topological polar surface area (TPSA) is 101 Å². The lowest BCUT2D eigenvalue weighted by Gasteiger charge is -2.41. The van der Waals surface area contributed by atoms with Crippen LogP contribution in [0.3, 0.4) is 0 Å². The molecule has 5 rings (SSSR count). The zero-order chi connectivity index (χ0) is 27.7. The van der Waals surface area contributed by atoms with E-state index in [2.05, 4.69) is 0 Å². The number of rotatable bonds is 7. The van der Waals surface area contributed by atoms with E-state index >= 15 is 0 Å². The number of fused-ring (bicyclic) bond motifs is 1. The molecule has 0 spiro atoms. The van der Waals surface area contributed by atoms with Crippen molar-refractivity contribution in [3.05, 3.63) is 71.5 Å². The van der Waals surface area contributed by atoms with E-state index < -0.39 is 52.7 Å². The average molecular weight is 535 g/mol. The van der Waals surface area contributed by atoms with E-state index in [4.69, 9.17) is 4.74 Å². The molecule has 0 bridgehead atoms. The van der Waals surface area contributed by atoms with E-state index in [1.807, 2.05) is 0 Å². The van der Waals surface area contributed by atoms with Crippen LogP contribution in [0.1, 0.15) is 41.6 Å². The van der Waals surface area contributed by atoms with E-state index in [9.17, 15) is 28.4 Å². The van der Waals surface area contributed by atoms with Gasteiger partial charge >= 0.3 is 5.97 Å². The van der Waals surface area contributed by atoms with Gasteiger partial charge in [-0.15, -0.1) is 0 Å². The number of hydrogen-bond acceptors (Lipinski definition) is 6. The SMILES string of the molecule is COC(=O)[C@@]1(Cc2ccc(F)cc2)[C@@H]2[C@@H](CC(=O)[C@H]2CC(=O)C(=O)N2CCCC2)CN1C(=O)c1ccccc1. The number of ketones is 2. The number of hydrogen-bond donors (Lipinski definition) is 0. The molecule has 9 heteroatoms. The second kappa shape index (κ2) is 10.7. The van der Waals surface area contributed by atoms with Gasteiger partial charge in [0.25, 0.3) is 11.8 Å². The van der Waals surface area contributed by atoms with Crippen LogP contribution in [0.25, 0.3) is 0 Å². The molecule has 204 valence electrons. The van der Waals surface area contributed by atoms with E-state index in [0.29, 0.717) is 24.2 Å². The Balaban J connectivity index is 1.57. The monoisotopic (exact) mass is 534 g/mol. The Hall–Kier alpha value is -3.88. The third-order valence-electron chi connectivity index (χ3n) is 8.50. The fourth-order valence-corrected chi connectivity index (χ4v) is 6.79. The van der Waals surface area contributed by atoms with Gasteiger partial charge in [-0.2, -0.15) is 0 Å². The van der Waals surface area contributed by atoms with Gasteiger partial charge in [-0.25, -0.2) is 9.18 Å². The molecule has 2 saturated heterocycles. The summed E-state index contributed by atoms with van der Waals surface area (Å²) in [6, 6.07) is 14.1. The van der Waals surface area contributed by atoms with Crippen molar-refractivity contribution in [3.63, 3.8) is 0 Å². The maximum atomic E-state index is 13.9. The first-order chi connectivity index (χ1) is 18.8. The molecule has 1 saturated carbocycles. The molecule has 1 aliphatic carbocycles. The Labute approximate surface area is 226 Å². The zero-order valence-electron chi connectivity index (χ0n) is 21.8. The molecule has 0 radical (unpaired) electrons. The van der Waals surface area contributed by atoms with Crippen molar-refractivity contribution in [2.24, 2.45) is 17.8 Å². The number of carbonyl (C=O) groups is 5. The molecule has 8 nitrogen and oxygen atoms in total. The van der Waals surface area contributed by atoms with Crippen molar-refractivity contribution >= 4 is 29.4 Å². The smallest absolute Gasteiger partial charge is 0.332 e. The fourth-order valence-electron chi connectivity index (χ4n) is 6.79. The lowest BCUT2D eigenvalue weighted by Crippen LogP contribution is -2.60. The normalized spacial score (nSPS) is 26.0. The highest BCUT2D eigenvalue weighted by Crippen LogP contribution is 2.53. The highest BCUT2D eigenvalue weighted by molar-refractivity contribution is 6.36. The molecule has 2 aromatic carbocycles. The minimum absolute atomic E-state index is 0.0300. The molecule has 2 heterocycles. The fraction of sp³-hybridized carbons (Fsp3) is 0.433. The maximum Gasteiger partial charge on any atom is 0.332 e. The number of ether oxygens (including phenoxy) is 1. The molecule has 0 unspecified atom stereocenters. The highest BCUT2D eigenvalue weighted by atomic mass is 19.1. The van der Waals surface area contributed by atoms with Crippen LogP contribution < -0.4 is 0 Å². The summed E-state index contributed by atoms with van der Waals surface area (Å²) in [5.74, 6) is -5.11. The third-order valence-corrected chi connectivity index (χ3v) is 8.50. The van der Waals surface area contributed by atoms with Crippen LogP contribution in [0.4, 0.5) is 4.39 Å². The number of benzene rings is 2. The molecule has 0 aromatic heterocycles. The standard InChI is InChI=1S/C30H31FN2O6/c1-39-29(38)30(17-19-9-11-22(31)12-10-19)26-21(18-33(30)27(36)20-7-3-2-4-8-20)15-24(34)23(26)16-25(35)28(37)32-13-5-6-14-32/h2-4,7-12,21,23,26H,5-6,13-18H2,1H3/t21-,23+,26+,30+/m0/s1. The van der Waals surface area contributed by atoms with Gasteiger partial charge in [0, 0.05) is 56.3 Å². The lowest BCUT2D eigenvalue weighted by atomic mass is 9.71. The lowest BCUT2D eigenvalue weighted by molar-refractivity contribution is -0.156. The number of esters is 1. The summed E-state index contributed by atoms with van der Waals surface area (Å²) in [5, 5.41) is 0. The first-order valence-electron chi connectivity index (χ1n) is 13.3. The predicted octanol–water partition coefficient (Wildman–Crippen LogP) is 2.84. The average Bonchev–Trinajstić information content (AvgIpc) is 3.66. The van der Waals surface area contributed by atoms with Crippen LogP contribution in [0.2, 0.25) is 0 Å². The summed E-state index contributed by atoms with van der Waals surface area (Å²) >= 11 is 0. The van der Waals surface area contributed by atoms with Crippen LogP contribution in [-0.2, 0) is 30.3 Å². The molecule has 2 aliphatic heterocycles. The van der Waals surface area contributed by atoms with E-state index in [1.54, 1.807) is 30.3 Å². The molecule has 2 aromatic rings. The molecule has 3 fully saturated rings. The van der Waals surface area contributed by atoms with E-state index in [-0.39, 0.29) is 31.6 Å². The van der Waals surface area contributed by atoms with Gasteiger partial charge in [0.2, 0.25) is 5.78 Å². The van der Waals surface area contributed by atoms with Crippen LogP contribution in [-0.4, -0.2) is 71.4 Å². The highest BCUT2D eigenvalue weighted by Gasteiger charge is 2.66. The Morgan fingerprint density at radius 1 is 1.00 bits per heavy atom. The van der Waals surface area contributed by atoms with Gasteiger partial charge in [0.1, 0.15) is 17.1 Å². The summed E-state index contributed by atoms with van der Waals surface area (Å²) in [7, 11) is 1.22. The quantitative estimate of drug-likeness (QED) is 0.400. The first kappa shape index (κ1) is 26.7. The van der Waals surface area contributed by atoms with Gasteiger partial charge in [-0.05, 0) is 48.6 Å². The van der Waals surface area contributed by atoms with Crippen molar-refractivity contribution in [1.29, 1.82) is 0 Å². The van der Waals surface area contributed by atoms with Gasteiger partial charge in [0.05, 0.1) is 7.11 Å². The van der Waals surface area contributed by atoms with Crippen molar-refractivity contribution in [1.82, 2.24) is 9.80 Å². The Morgan fingerprint density at radius 2 is 1.67 bits per heavy atom. The third kappa shape index (κ3) is 4.75. The number of nitrogens with zero attached hydrogens (tertiary/aromatic N) is 2. The van der Waals surface area contributed by atoms with Gasteiger partial charge < -0.3 is 14.5 Å². The van der Waals surface area contributed by atoms with E-state index in [0.717, 1.165) is 12.8 Å². The van der Waals surface area contributed by atoms with E-state index in [1.165, 1.54) is 41.2 Å². The predicted molar refractivity (Wildman–Crippen MR) is 138 cm³/mol. The van der Waals surface area contributed by atoms with Crippen molar-refractivity contribution in [2.45, 2.75) is 37.6 Å². The molecule has 3 aliphatic rings. The number of Topliss-reactive ketones (excluding diaryl/α,β-unsaturated/α-hetero) is 2. The maximum absolute atomic E-state index is 13.9. The second-order valence-corrected chi connectivity index (χ2v) is 10.7. The van der Waals surface area contributed by atoms with Crippen molar-refractivity contribution < 1.29 is 33.1 Å². The second-order valence-electron chi connectivity index (χ2n) is 10.7. The minimum Gasteiger partial charge on any atom is -0.467 e. The van der Waals surface area contributed by atoms with Crippen LogP contribution in [0.15, 0.2) is 54.6 Å². The first-order valence-corrected chi connectivity index (χ1v) is 13.3. The zero-order valence-corrected chi connectivity index (χ0v) is 21.8. The van der Waals surface area contributed by atoms with Gasteiger partial charge in [0.15, 0.2) is 0 Å². The summed E-state index contributed by atoms with van der Waals surface area (Å²) in [5.41, 5.74) is -0.684. The minimum atomic E-state index is -1.63.